The van der Waals surface area contributed by atoms with Crippen LogP contribution in [-0.2, 0) is 26.2 Å². The first-order valence-electron chi connectivity index (χ1n) is 45.3. The second-order valence-corrected chi connectivity index (χ2v) is 38.4. The van der Waals surface area contributed by atoms with Crippen LogP contribution in [0.2, 0.25) is 0 Å². The molecule has 12 N–H and O–H groups in total. The van der Waals surface area contributed by atoms with E-state index in [1.165, 1.54) is 95.0 Å². The van der Waals surface area contributed by atoms with Crippen LogP contribution in [0.4, 0.5) is 81.7 Å². The molecule has 12 aromatic heterocycles. The van der Waals surface area contributed by atoms with Gasteiger partial charge in [0.2, 0.25) is 23.8 Å². The Labute approximate surface area is 788 Å². The van der Waals surface area contributed by atoms with Crippen molar-refractivity contribution in [3.8, 4) is 23.0 Å². The van der Waals surface area contributed by atoms with Crippen molar-refractivity contribution >= 4 is 113 Å². The van der Waals surface area contributed by atoms with Crippen LogP contribution < -0.4 is 61.5 Å². The molecule has 139 heavy (non-hydrogen) atoms. The highest BCUT2D eigenvalue weighted by Gasteiger charge is 2.41. The van der Waals surface area contributed by atoms with Gasteiger partial charge in [-0.2, -0.15) is 38.5 Å². The van der Waals surface area contributed by atoms with Crippen molar-refractivity contribution in [1.82, 2.24) is 117 Å². The molecular weight excluding hydrogens is 1820 g/mol. The summed E-state index contributed by atoms with van der Waals surface area (Å²) in [6.45, 7) is 18.1. The maximum absolute atomic E-state index is 14.9. The van der Waals surface area contributed by atoms with Gasteiger partial charge in [0.25, 0.3) is 0 Å². The highest BCUT2D eigenvalue weighted by Crippen LogP contribution is 2.42. The topological polar surface area (TPSA) is 478 Å². The number of nitrogens with two attached hydrogens (primary N) is 4. The number of aromatic nitrogens is 24. The second kappa shape index (κ2) is 37.0. The van der Waals surface area contributed by atoms with Gasteiger partial charge in [0.1, 0.15) is 93.0 Å². The number of piperidine rings is 4. The lowest BCUT2D eigenvalue weighted by molar-refractivity contribution is -0.0498. The van der Waals surface area contributed by atoms with E-state index >= 15 is 0 Å². The summed E-state index contributed by atoms with van der Waals surface area (Å²) in [5, 5.41) is 78.0. The zero-order chi connectivity index (χ0) is 98.7. The second-order valence-electron chi connectivity index (χ2n) is 38.4. The maximum Gasteiger partial charge on any atom is 0.223 e. The van der Waals surface area contributed by atoms with Gasteiger partial charge < -0.3 is 81.9 Å². The number of rotatable bonds is 20. The van der Waals surface area contributed by atoms with Gasteiger partial charge in [0.05, 0.1) is 145 Å². The summed E-state index contributed by atoms with van der Waals surface area (Å²) in [5.74, 6) is -0.416. The highest BCUT2D eigenvalue weighted by atomic mass is 19.2. The summed E-state index contributed by atoms with van der Waals surface area (Å²) in [4.78, 5) is 43.5. The molecule has 40 nitrogen and oxygen atoms in total. The third-order valence-corrected chi connectivity index (χ3v) is 25.2. The van der Waals surface area contributed by atoms with Gasteiger partial charge >= 0.3 is 0 Å². The molecule has 0 radical (unpaired) electrons. The molecule has 736 valence electrons. The normalized spacial score (nSPS) is 19.9. The molecule has 8 atom stereocenters. The van der Waals surface area contributed by atoms with Crippen LogP contribution in [0.5, 0.6) is 23.0 Å². The van der Waals surface area contributed by atoms with E-state index in [1.807, 2.05) is 52.0 Å². The zero-order valence-corrected chi connectivity index (χ0v) is 78.4. The molecule has 0 amide bonds. The van der Waals surface area contributed by atoms with Crippen molar-refractivity contribution in [1.29, 1.82) is 0 Å². The smallest absolute Gasteiger partial charge is 0.223 e. The summed E-state index contributed by atoms with van der Waals surface area (Å²) in [5.41, 5.74) is 28.5. The van der Waals surface area contributed by atoms with Crippen molar-refractivity contribution in [2.75, 3.05) is 123 Å². The van der Waals surface area contributed by atoms with E-state index in [0.717, 1.165) is 53.4 Å². The maximum atomic E-state index is 14.9. The number of hydrogen-bond donors (Lipinski definition) is 8. The fourth-order valence-electron chi connectivity index (χ4n) is 19.0. The van der Waals surface area contributed by atoms with Crippen molar-refractivity contribution in [2.24, 2.45) is 0 Å². The molecule has 4 saturated heterocycles. The predicted molar refractivity (Wildman–Crippen MR) is 501 cm³/mol. The number of aryl methyl sites for hydroxylation is 2. The van der Waals surface area contributed by atoms with Crippen LogP contribution in [0.1, 0.15) is 145 Å². The molecule has 5 aliphatic rings. The van der Waals surface area contributed by atoms with E-state index in [2.05, 4.69) is 80.7 Å². The van der Waals surface area contributed by atoms with Gasteiger partial charge in [-0.05, 0) is 125 Å². The number of fused-ring (bicyclic) bond motifs is 12. The fraction of sp³-hybridized carbons (Fsp3) is 0.473. The molecule has 4 aliphatic heterocycles. The Morgan fingerprint density at radius 1 is 0.374 bits per heavy atom. The van der Waals surface area contributed by atoms with Crippen molar-refractivity contribution in [2.45, 2.75) is 197 Å². The molecule has 16 heterocycles. The number of hydrogen-bond acceptors (Lipinski definition) is 32. The van der Waals surface area contributed by atoms with Gasteiger partial charge in [0, 0.05) is 125 Å². The number of benzene rings is 4. The minimum Gasteiger partial charge on any atom is -0.494 e. The molecule has 0 bridgehead atoms. The summed E-state index contributed by atoms with van der Waals surface area (Å²) in [7, 11) is 5.70. The third kappa shape index (κ3) is 19.9. The largest absolute Gasteiger partial charge is 0.494 e. The summed E-state index contributed by atoms with van der Waals surface area (Å²) < 4.78 is 150. The van der Waals surface area contributed by atoms with Crippen LogP contribution in [0.3, 0.4) is 0 Å². The Hall–Kier alpha value is -14.2. The molecule has 1 saturated carbocycles. The van der Waals surface area contributed by atoms with Crippen LogP contribution in [0.15, 0.2) is 85.7 Å². The zero-order valence-electron chi connectivity index (χ0n) is 78.4. The minimum absolute atomic E-state index is 0.0727. The fourth-order valence-corrected chi connectivity index (χ4v) is 19.0. The summed E-state index contributed by atoms with van der Waals surface area (Å²) in [6, 6.07) is 10.2. The Morgan fingerprint density at radius 3 is 0.928 bits per heavy atom. The quantitative estimate of drug-likeness (QED) is 0.0329. The number of anilines is 8. The molecule has 1 aliphatic carbocycles. The van der Waals surface area contributed by atoms with E-state index in [1.54, 1.807) is 78.9 Å². The molecule has 4 aromatic carbocycles. The molecule has 5 fully saturated rings. The van der Waals surface area contributed by atoms with Crippen molar-refractivity contribution in [3.05, 3.63) is 144 Å². The van der Waals surface area contributed by atoms with E-state index in [-0.39, 0.29) is 122 Å². The molecule has 21 rings (SSSR count). The van der Waals surface area contributed by atoms with Gasteiger partial charge in [0.15, 0.2) is 45.9 Å². The summed E-state index contributed by atoms with van der Waals surface area (Å²) >= 11 is 0. The average Bonchev–Trinajstić information content (AvgIpc) is 1.64. The average molecular weight is 1930 g/mol. The third-order valence-electron chi connectivity index (χ3n) is 25.2. The van der Waals surface area contributed by atoms with Crippen molar-refractivity contribution in [3.63, 3.8) is 0 Å². The predicted octanol–water partition coefficient (Wildman–Crippen LogP) is 9.99. The van der Waals surface area contributed by atoms with Gasteiger partial charge in [-0.25, -0.2) is 75.0 Å². The first-order valence-corrected chi connectivity index (χ1v) is 45.3. The number of ether oxygens (including phenoxy) is 4. The standard InChI is InChI=1S/C23H26F2N8O2.2C23H28F2N8O2.C22H26F2N8O2/c1-35-18-7-14(24)6-17-19(18)28-22(26)33-21(17)29-20(30-33)13-5-15(25)10-31(9-13)16-8-27-32(11-16)12-23(34)3-2-4-23;2*1-12-17(10-32(29-12)11-23(2,3)34)31-8-13(5-15(25)9-31)20-28-21-16-6-14(24)7-18(35-4)19(16)27-22(26)33(21)30-20;1-22(2,33)11-31-10-15(7-26-31)30-8-12(4-14(24)9-30)19-28-20-16-5-13(23)6-17(34-3)18(16)27-21(25)32(20)29-19/h6-8,11,13,15,34H,2-5,9-10,12H2,1H3,(H2,26,28);2*6-7,10,13,15,34H,5,8-9,11H2,1-4H3,(H2,26,27);5-7,10,12,14,33H,4,8-9,11H2,1-3H3,(H2,25,27)/t3*13-,15-;12-,14-/m0101/s1. The Morgan fingerprint density at radius 2 is 0.647 bits per heavy atom. The van der Waals surface area contributed by atoms with Gasteiger partial charge in [-0.1, -0.05) is 0 Å². The van der Waals surface area contributed by atoms with Crippen LogP contribution in [-0.4, -0.2) is 266 Å². The molecular formula is C91H108F8N32O8. The lowest BCUT2D eigenvalue weighted by Crippen LogP contribution is -2.41. The van der Waals surface area contributed by atoms with Crippen LogP contribution in [0.25, 0.3) is 66.2 Å². The molecule has 48 heteroatoms. The van der Waals surface area contributed by atoms with E-state index in [9.17, 15) is 55.5 Å². The number of halogens is 8. The lowest BCUT2D eigenvalue weighted by atomic mass is 9.80. The SMILES string of the molecule is COc1cc(F)cc2c1nc(N)n1nc([C@@H]3C[C@@H](F)CN(c4cn(CC(C)(C)O)nc4C)C3)nc21.COc1cc(F)cc2c1nc(N)n1nc([C@@H]3C[C@@H](F)CN(c4cnn(CC(C)(C)O)c4)C3)nc21.COc1cc(F)cc2c1nc(N)n1nc([C@H]3C[C@H](F)CN(c4cn(CC(C)(C)O)nc4C)C3)nc21.COc1cc(F)cc2c1nc(N)n1nc([C@H]3C[C@H](F)CN(c4cnn(CC5(O)CCC5)c4)C3)nc21. The Bertz CT molecular complexity index is 7090. The number of alkyl halides is 4. The summed E-state index contributed by atoms with van der Waals surface area (Å²) in [6.07, 6.45) is 9.74. The molecule has 0 spiro atoms. The Balaban J connectivity index is 0.000000123. The number of nitrogen functional groups attached to an aromatic ring is 4. The van der Waals surface area contributed by atoms with E-state index in [0.29, 0.717) is 142 Å². The minimum atomic E-state index is -1.11. The lowest BCUT2D eigenvalue weighted by Gasteiger charge is -2.36. The van der Waals surface area contributed by atoms with Gasteiger partial charge in [-0.15, -0.1) is 20.4 Å². The first-order chi connectivity index (χ1) is 66.0. The Kier molecular flexibility index (Phi) is 25.3. The highest BCUT2D eigenvalue weighted by molar-refractivity contribution is 5.99. The van der Waals surface area contributed by atoms with E-state index in [4.69, 9.17) is 41.9 Å². The van der Waals surface area contributed by atoms with Crippen LogP contribution >= 0.6 is 0 Å². The first kappa shape index (κ1) is 95.2. The van der Waals surface area contributed by atoms with Crippen molar-refractivity contribution < 1.29 is 74.5 Å². The monoisotopic (exact) mass is 1930 g/mol. The van der Waals surface area contributed by atoms with E-state index < -0.39 is 70.4 Å². The number of nitrogens with zero attached hydrogens (tertiary/aromatic N) is 28. The molecule has 0 unspecified atom stereocenters. The van der Waals surface area contributed by atoms with Gasteiger partial charge in [-0.3, -0.25) is 18.7 Å². The van der Waals surface area contributed by atoms with Crippen LogP contribution in [0, 0.1) is 37.1 Å². The number of aliphatic hydroxyl groups is 4. The number of methoxy groups -OCH3 is 4. The molecule has 16 aromatic rings.